The van der Waals surface area contributed by atoms with Crippen molar-refractivity contribution in [1.29, 1.82) is 5.26 Å². The summed E-state index contributed by atoms with van der Waals surface area (Å²) in [6.07, 6.45) is 7.38. The molecule has 1 aliphatic rings. The van der Waals surface area contributed by atoms with Crippen molar-refractivity contribution in [3.63, 3.8) is 0 Å². The number of nitriles is 1. The van der Waals surface area contributed by atoms with Gasteiger partial charge in [-0.3, -0.25) is 4.79 Å². The number of hydrogen-bond acceptors (Lipinski definition) is 3. The monoisotopic (exact) mass is 243 g/mol. The number of carbonyl (C=O) groups is 1. The molecular formula is C10H13NO2S2. The van der Waals surface area contributed by atoms with Crippen LogP contribution >= 0.6 is 19.9 Å². The maximum atomic E-state index is 10.7. The average molecular weight is 243 g/mol. The van der Waals surface area contributed by atoms with Crippen molar-refractivity contribution in [2.24, 2.45) is 0 Å². The first-order valence-corrected chi connectivity index (χ1v) is 8.04. The van der Waals surface area contributed by atoms with E-state index in [2.05, 4.69) is 11.3 Å². The lowest BCUT2D eigenvalue weighted by Gasteiger charge is -2.38. The normalized spacial score (nSPS) is 31.6. The van der Waals surface area contributed by atoms with Crippen molar-refractivity contribution in [3.05, 3.63) is 0 Å². The number of terminal acetylenes is 1. The van der Waals surface area contributed by atoms with Crippen LogP contribution in [0.15, 0.2) is 0 Å². The van der Waals surface area contributed by atoms with E-state index in [4.69, 9.17) is 11.5 Å². The fourth-order valence-electron chi connectivity index (χ4n) is 1.51. The summed E-state index contributed by atoms with van der Waals surface area (Å²) in [7, 11) is -0.0145. The lowest BCUT2D eigenvalue weighted by molar-refractivity contribution is -0.136. The standard InChI is InChI=1S/C10H13NO2S2/c1-2-9(7-10(12)13)15(8-11)6-4-3-5-14-15/h1,9H,3-7H2,(H,12,13). The average Bonchev–Trinajstić information content (AvgIpc) is 2.26. The minimum Gasteiger partial charge on any atom is -0.481 e. The van der Waals surface area contributed by atoms with E-state index in [0.717, 1.165) is 24.3 Å². The van der Waals surface area contributed by atoms with E-state index in [-0.39, 0.29) is 6.42 Å². The van der Waals surface area contributed by atoms with Gasteiger partial charge in [0, 0.05) is 5.75 Å². The first-order chi connectivity index (χ1) is 7.14. The maximum Gasteiger partial charge on any atom is 0.305 e. The zero-order valence-electron chi connectivity index (χ0n) is 8.31. The van der Waals surface area contributed by atoms with Crippen LogP contribution in [0, 0.1) is 23.0 Å². The third kappa shape index (κ3) is 2.84. The van der Waals surface area contributed by atoms with Crippen LogP contribution in [-0.4, -0.2) is 27.8 Å². The molecule has 1 rings (SSSR count). The highest BCUT2D eigenvalue weighted by atomic mass is 33.2. The molecule has 0 saturated carbocycles. The van der Waals surface area contributed by atoms with E-state index in [1.165, 1.54) is 0 Å². The predicted molar refractivity (Wildman–Crippen MR) is 64.6 cm³/mol. The first kappa shape index (κ1) is 12.3. The van der Waals surface area contributed by atoms with Gasteiger partial charge in [0.1, 0.15) is 5.40 Å². The molecule has 0 aliphatic carbocycles. The van der Waals surface area contributed by atoms with Crippen molar-refractivity contribution >= 4 is 25.8 Å². The molecule has 5 heteroatoms. The highest BCUT2D eigenvalue weighted by molar-refractivity contribution is 8.96. The second-order valence-electron chi connectivity index (χ2n) is 3.30. The molecule has 0 radical (unpaired) electrons. The number of carboxylic acids is 1. The highest BCUT2D eigenvalue weighted by Gasteiger charge is 2.36. The minimum atomic E-state index is -1.62. The van der Waals surface area contributed by atoms with Gasteiger partial charge < -0.3 is 5.11 Å². The SMILES string of the molecule is C#CC(CC(=O)O)S1(C#N)CCCCS1. The molecule has 2 unspecified atom stereocenters. The van der Waals surface area contributed by atoms with Crippen LogP contribution in [0.5, 0.6) is 0 Å². The van der Waals surface area contributed by atoms with E-state index in [0.29, 0.717) is 0 Å². The van der Waals surface area contributed by atoms with Crippen LogP contribution in [-0.2, 0) is 4.79 Å². The lowest BCUT2D eigenvalue weighted by Crippen LogP contribution is -2.22. The molecule has 0 aromatic carbocycles. The van der Waals surface area contributed by atoms with Crippen molar-refractivity contribution < 1.29 is 9.90 Å². The molecule has 1 aliphatic heterocycles. The number of nitrogens with zero attached hydrogens (tertiary/aromatic N) is 1. The van der Waals surface area contributed by atoms with Gasteiger partial charge in [0.15, 0.2) is 0 Å². The number of aliphatic carboxylic acids is 1. The second-order valence-corrected chi connectivity index (χ2v) is 9.05. The Bertz CT molecular complexity index is 323. The number of thiocyanates is 1. The Balaban J connectivity index is 2.83. The van der Waals surface area contributed by atoms with E-state index >= 15 is 0 Å². The molecule has 15 heavy (non-hydrogen) atoms. The summed E-state index contributed by atoms with van der Waals surface area (Å²) >= 11 is 0. The van der Waals surface area contributed by atoms with Gasteiger partial charge in [0.2, 0.25) is 0 Å². The summed E-state index contributed by atoms with van der Waals surface area (Å²) in [5, 5.41) is 19.9. The van der Waals surface area contributed by atoms with Crippen LogP contribution in [0.4, 0.5) is 0 Å². The van der Waals surface area contributed by atoms with Crippen molar-refractivity contribution in [2.75, 3.05) is 11.5 Å². The molecule has 1 saturated heterocycles. The van der Waals surface area contributed by atoms with Gasteiger partial charge in [-0.2, -0.15) is 5.26 Å². The summed E-state index contributed by atoms with van der Waals surface area (Å²) in [5.41, 5.74) is 0. The molecule has 1 N–H and O–H groups in total. The third-order valence-corrected chi connectivity index (χ3v) is 8.78. The van der Waals surface area contributed by atoms with Crippen molar-refractivity contribution in [2.45, 2.75) is 24.5 Å². The summed E-state index contributed by atoms with van der Waals surface area (Å²) in [6.45, 7) is 0. The van der Waals surface area contributed by atoms with Gasteiger partial charge in [-0.1, -0.05) is 25.8 Å². The molecule has 1 heterocycles. The van der Waals surface area contributed by atoms with Crippen LogP contribution in [0.3, 0.4) is 0 Å². The van der Waals surface area contributed by atoms with Gasteiger partial charge in [-0.25, -0.2) is 0 Å². The van der Waals surface area contributed by atoms with Crippen molar-refractivity contribution in [1.82, 2.24) is 0 Å². The van der Waals surface area contributed by atoms with Gasteiger partial charge in [-0.15, -0.1) is 6.42 Å². The molecule has 3 nitrogen and oxygen atoms in total. The zero-order valence-corrected chi connectivity index (χ0v) is 9.94. The molecule has 1 fully saturated rings. The Morgan fingerprint density at radius 3 is 2.80 bits per heavy atom. The Hall–Kier alpha value is -0.780. The van der Waals surface area contributed by atoms with Crippen LogP contribution < -0.4 is 0 Å². The largest absolute Gasteiger partial charge is 0.481 e. The Kier molecular flexibility index (Phi) is 4.38. The number of hydrogen-bond donors (Lipinski definition) is 1. The fourth-order valence-corrected chi connectivity index (χ4v) is 7.20. The summed E-state index contributed by atoms with van der Waals surface area (Å²) in [5.74, 6) is 3.32. The fraction of sp³-hybridized carbons (Fsp3) is 0.600. The van der Waals surface area contributed by atoms with E-state index in [9.17, 15) is 10.1 Å². The zero-order chi connectivity index (χ0) is 11.3. The van der Waals surface area contributed by atoms with Gasteiger partial charge in [0.25, 0.3) is 0 Å². The predicted octanol–water partition coefficient (Wildman–Crippen LogP) is 2.19. The summed E-state index contributed by atoms with van der Waals surface area (Å²) in [4.78, 5) is 10.7. The molecule has 0 spiro atoms. The van der Waals surface area contributed by atoms with Crippen molar-refractivity contribution in [3.8, 4) is 17.7 Å². The molecular weight excluding hydrogens is 230 g/mol. The highest BCUT2D eigenvalue weighted by Crippen LogP contribution is 2.66. The molecule has 2 atom stereocenters. The lowest BCUT2D eigenvalue weighted by atomic mass is 10.3. The second kappa shape index (κ2) is 5.34. The number of carboxylic acid groups (broad SMARTS) is 1. The quantitative estimate of drug-likeness (QED) is 0.469. The Morgan fingerprint density at radius 1 is 1.67 bits per heavy atom. The van der Waals surface area contributed by atoms with Crippen LogP contribution in [0.1, 0.15) is 19.3 Å². The topological polar surface area (TPSA) is 61.1 Å². The third-order valence-electron chi connectivity index (χ3n) is 2.30. The molecule has 0 amide bonds. The first-order valence-electron chi connectivity index (χ1n) is 4.67. The molecule has 0 aromatic heterocycles. The summed E-state index contributed by atoms with van der Waals surface area (Å²) in [6, 6.07) is 0. The number of rotatable bonds is 3. The van der Waals surface area contributed by atoms with E-state index in [1.54, 1.807) is 10.8 Å². The maximum absolute atomic E-state index is 10.7. The van der Waals surface area contributed by atoms with E-state index < -0.39 is 20.3 Å². The molecule has 0 bridgehead atoms. The van der Waals surface area contributed by atoms with Crippen LogP contribution in [0.25, 0.3) is 0 Å². The smallest absolute Gasteiger partial charge is 0.305 e. The van der Waals surface area contributed by atoms with Gasteiger partial charge in [0.05, 0.1) is 11.7 Å². The Labute approximate surface area is 94.9 Å². The minimum absolute atomic E-state index is 0.0770. The van der Waals surface area contributed by atoms with Gasteiger partial charge in [-0.05, 0) is 18.6 Å². The summed E-state index contributed by atoms with van der Waals surface area (Å²) < 4.78 is 0. The van der Waals surface area contributed by atoms with Gasteiger partial charge >= 0.3 is 5.97 Å². The molecule has 0 aromatic rings. The van der Waals surface area contributed by atoms with Crippen LogP contribution in [0.2, 0.25) is 0 Å². The van der Waals surface area contributed by atoms with E-state index in [1.807, 2.05) is 0 Å². The molecule has 82 valence electrons. The Morgan fingerprint density at radius 2 is 2.40 bits per heavy atom.